The van der Waals surface area contributed by atoms with Crippen LogP contribution in [0.1, 0.15) is 43.5 Å². The Kier molecular flexibility index (Phi) is 5.19. The van der Waals surface area contributed by atoms with E-state index in [1.807, 2.05) is 6.92 Å². The van der Waals surface area contributed by atoms with Crippen LogP contribution < -0.4 is 0 Å². The predicted octanol–water partition coefficient (Wildman–Crippen LogP) is 4.99. The second-order valence-corrected chi connectivity index (χ2v) is 5.18. The molecule has 22 heavy (non-hydrogen) atoms. The first-order valence-electron chi connectivity index (χ1n) is 7.24. The summed E-state index contributed by atoms with van der Waals surface area (Å²) in [6, 6.07) is 10.1. The van der Waals surface area contributed by atoms with Gasteiger partial charge in [0.2, 0.25) is 0 Å². The van der Waals surface area contributed by atoms with E-state index in [1.54, 1.807) is 18.2 Å². The number of halogens is 3. The van der Waals surface area contributed by atoms with Gasteiger partial charge in [-0.2, -0.15) is 13.2 Å². The number of aliphatic hydroxyl groups is 1. The molecule has 0 amide bonds. The fourth-order valence-electron chi connectivity index (χ4n) is 2.17. The van der Waals surface area contributed by atoms with Gasteiger partial charge in [-0.1, -0.05) is 38.0 Å². The van der Waals surface area contributed by atoms with Crippen molar-refractivity contribution in [2.45, 2.75) is 38.5 Å². The zero-order valence-corrected chi connectivity index (χ0v) is 12.3. The number of alkyl halides is 3. The van der Waals surface area contributed by atoms with Gasteiger partial charge in [-0.15, -0.1) is 0 Å². The van der Waals surface area contributed by atoms with Gasteiger partial charge in [-0.25, -0.2) is 0 Å². The molecule has 0 spiro atoms. The number of unbranched alkanes of at least 4 members (excludes halogenated alkanes) is 1. The van der Waals surface area contributed by atoms with Gasteiger partial charge < -0.3 is 5.11 Å². The summed E-state index contributed by atoms with van der Waals surface area (Å²) in [4.78, 5) is 4.36. The maximum Gasteiger partial charge on any atom is 0.416 e. The molecule has 5 heteroatoms. The maximum atomic E-state index is 12.6. The Bertz CT molecular complexity index is 608. The van der Waals surface area contributed by atoms with Crippen LogP contribution in [0.15, 0.2) is 42.5 Å². The molecule has 0 saturated heterocycles. The Balaban J connectivity index is 2.22. The van der Waals surface area contributed by atoms with Crippen LogP contribution in [0.4, 0.5) is 13.2 Å². The fraction of sp³-hybridized carbons (Fsp3) is 0.353. The number of rotatable bonds is 5. The van der Waals surface area contributed by atoms with Crippen LogP contribution in [0.5, 0.6) is 0 Å². The van der Waals surface area contributed by atoms with Crippen LogP contribution in [0.25, 0.3) is 11.3 Å². The molecule has 1 atom stereocenters. The molecule has 1 N–H and O–H groups in total. The average molecular weight is 309 g/mol. The number of hydrogen-bond donors (Lipinski definition) is 1. The van der Waals surface area contributed by atoms with E-state index in [0.717, 1.165) is 25.0 Å². The largest absolute Gasteiger partial charge is 0.416 e. The molecule has 0 fully saturated rings. The molecule has 0 aliphatic carbocycles. The van der Waals surface area contributed by atoms with Crippen molar-refractivity contribution in [3.8, 4) is 11.3 Å². The first-order chi connectivity index (χ1) is 10.4. The van der Waals surface area contributed by atoms with E-state index >= 15 is 0 Å². The second-order valence-electron chi connectivity index (χ2n) is 5.18. The molecule has 2 nitrogen and oxygen atoms in total. The molecule has 0 aliphatic heterocycles. The lowest BCUT2D eigenvalue weighted by atomic mass is 10.1. The normalized spacial score (nSPS) is 13.1. The van der Waals surface area contributed by atoms with Gasteiger partial charge in [-0.3, -0.25) is 4.98 Å². The Hall–Kier alpha value is -1.88. The van der Waals surface area contributed by atoms with Gasteiger partial charge in [0.15, 0.2) is 0 Å². The first kappa shape index (κ1) is 16.5. The lowest BCUT2D eigenvalue weighted by molar-refractivity contribution is -0.137. The molecule has 1 unspecified atom stereocenters. The van der Waals surface area contributed by atoms with Crippen LogP contribution in [-0.4, -0.2) is 10.1 Å². The number of hydrogen-bond acceptors (Lipinski definition) is 2. The summed E-state index contributed by atoms with van der Waals surface area (Å²) in [6.45, 7) is 2.04. The SMILES string of the molecule is CCCCC(O)c1cccc(-c2ccc(C(F)(F)F)cc2)n1. The lowest BCUT2D eigenvalue weighted by Crippen LogP contribution is -2.04. The second kappa shape index (κ2) is 6.92. The van der Waals surface area contributed by atoms with E-state index in [0.29, 0.717) is 23.4 Å². The topological polar surface area (TPSA) is 33.1 Å². The van der Waals surface area contributed by atoms with Crippen molar-refractivity contribution < 1.29 is 18.3 Å². The monoisotopic (exact) mass is 309 g/mol. The third-order valence-corrected chi connectivity index (χ3v) is 3.45. The van der Waals surface area contributed by atoms with Crippen molar-refractivity contribution in [3.05, 3.63) is 53.7 Å². The van der Waals surface area contributed by atoms with Gasteiger partial charge in [-0.05, 0) is 30.7 Å². The Labute approximate surface area is 127 Å². The molecule has 1 heterocycles. The molecule has 0 aliphatic rings. The van der Waals surface area contributed by atoms with Crippen molar-refractivity contribution in [2.24, 2.45) is 0 Å². The van der Waals surface area contributed by atoms with Crippen molar-refractivity contribution in [2.75, 3.05) is 0 Å². The van der Waals surface area contributed by atoms with Crippen LogP contribution in [-0.2, 0) is 6.18 Å². The average Bonchev–Trinajstić information content (AvgIpc) is 2.52. The zero-order valence-electron chi connectivity index (χ0n) is 12.3. The van der Waals surface area contributed by atoms with E-state index in [-0.39, 0.29) is 0 Å². The molecular weight excluding hydrogens is 291 g/mol. The predicted molar refractivity (Wildman–Crippen MR) is 79.2 cm³/mol. The molecule has 2 rings (SSSR count). The number of aromatic nitrogens is 1. The van der Waals surface area contributed by atoms with Gasteiger partial charge >= 0.3 is 6.18 Å². The third kappa shape index (κ3) is 4.07. The number of pyridine rings is 1. The van der Waals surface area contributed by atoms with Gasteiger partial charge in [0.25, 0.3) is 0 Å². The van der Waals surface area contributed by atoms with Crippen LogP contribution in [0, 0.1) is 0 Å². The molecule has 2 aromatic rings. The zero-order chi connectivity index (χ0) is 16.2. The molecule has 118 valence electrons. The minimum absolute atomic E-state index is 0.547. The summed E-state index contributed by atoms with van der Waals surface area (Å²) >= 11 is 0. The highest BCUT2D eigenvalue weighted by atomic mass is 19.4. The Morgan fingerprint density at radius 1 is 1.09 bits per heavy atom. The standard InChI is InChI=1S/C17H18F3NO/c1-2-3-7-16(22)15-6-4-5-14(21-15)12-8-10-13(11-9-12)17(18,19)20/h4-6,8-11,16,22H,2-3,7H2,1H3. The van der Waals surface area contributed by atoms with E-state index in [1.165, 1.54) is 12.1 Å². The summed E-state index contributed by atoms with van der Waals surface area (Å²) in [5.74, 6) is 0. The number of nitrogens with zero attached hydrogens (tertiary/aromatic N) is 1. The van der Waals surface area contributed by atoms with E-state index < -0.39 is 17.8 Å². The van der Waals surface area contributed by atoms with Crippen LogP contribution in [0.2, 0.25) is 0 Å². The number of benzene rings is 1. The number of aliphatic hydroxyl groups excluding tert-OH is 1. The van der Waals surface area contributed by atoms with Crippen molar-refractivity contribution in [1.82, 2.24) is 4.98 Å². The van der Waals surface area contributed by atoms with Gasteiger partial charge in [0.1, 0.15) is 0 Å². The minimum atomic E-state index is -4.34. The summed E-state index contributed by atoms with van der Waals surface area (Å²) < 4.78 is 37.7. The smallest absolute Gasteiger partial charge is 0.387 e. The molecule has 0 bridgehead atoms. The minimum Gasteiger partial charge on any atom is -0.387 e. The third-order valence-electron chi connectivity index (χ3n) is 3.45. The summed E-state index contributed by atoms with van der Waals surface area (Å²) in [7, 11) is 0. The van der Waals surface area contributed by atoms with Crippen LogP contribution >= 0.6 is 0 Å². The highest BCUT2D eigenvalue weighted by Gasteiger charge is 2.30. The molecule has 1 aromatic heterocycles. The molecular formula is C17H18F3NO. The summed E-state index contributed by atoms with van der Waals surface area (Å²) in [5.41, 5.74) is 1.01. The highest BCUT2D eigenvalue weighted by molar-refractivity contribution is 5.59. The van der Waals surface area contributed by atoms with Crippen molar-refractivity contribution in [1.29, 1.82) is 0 Å². The summed E-state index contributed by atoms with van der Waals surface area (Å²) in [6.07, 6.45) is -2.48. The molecule has 1 aromatic carbocycles. The highest BCUT2D eigenvalue weighted by Crippen LogP contribution is 2.31. The van der Waals surface area contributed by atoms with Crippen molar-refractivity contribution in [3.63, 3.8) is 0 Å². The van der Waals surface area contributed by atoms with Gasteiger partial charge in [0, 0.05) is 5.56 Å². The molecule has 0 radical (unpaired) electrons. The maximum absolute atomic E-state index is 12.6. The molecule has 0 saturated carbocycles. The van der Waals surface area contributed by atoms with Crippen LogP contribution in [0.3, 0.4) is 0 Å². The first-order valence-corrected chi connectivity index (χ1v) is 7.24. The quantitative estimate of drug-likeness (QED) is 0.844. The Morgan fingerprint density at radius 2 is 1.77 bits per heavy atom. The fourth-order valence-corrected chi connectivity index (χ4v) is 2.17. The van der Waals surface area contributed by atoms with E-state index in [4.69, 9.17) is 0 Å². The Morgan fingerprint density at radius 3 is 2.36 bits per heavy atom. The van der Waals surface area contributed by atoms with E-state index in [2.05, 4.69) is 4.98 Å². The van der Waals surface area contributed by atoms with Gasteiger partial charge in [0.05, 0.1) is 23.1 Å². The van der Waals surface area contributed by atoms with E-state index in [9.17, 15) is 18.3 Å². The lowest BCUT2D eigenvalue weighted by Gasteiger charge is -2.11. The summed E-state index contributed by atoms with van der Waals surface area (Å²) in [5, 5.41) is 10.1. The van der Waals surface area contributed by atoms with Crippen molar-refractivity contribution >= 4 is 0 Å².